The molecule has 9 nitrogen and oxygen atoms in total. The Hall–Kier alpha value is -4.66. The van der Waals surface area contributed by atoms with Crippen molar-refractivity contribution in [2.24, 2.45) is 10.2 Å². The van der Waals surface area contributed by atoms with Gasteiger partial charge in [-0.15, -0.1) is 5.11 Å². The van der Waals surface area contributed by atoms with Crippen molar-refractivity contribution in [2.75, 3.05) is 7.11 Å². The molecule has 0 amide bonds. The maximum Gasteiger partial charge on any atom is 0.339 e. The van der Waals surface area contributed by atoms with E-state index in [0.29, 0.717) is 22.5 Å². The summed E-state index contributed by atoms with van der Waals surface area (Å²) in [5.74, 6) is -1.41. The average Bonchev–Trinajstić information content (AvgIpc) is 3.15. The Balaban J connectivity index is 1.71. The molecule has 172 valence electrons. The van der Waals surface area contributed by atoms with E-state index in [1.54, 1.807) is 36.4 Å². The molecule has 3 aromatic carbocycles. The van der Waals surface area contributed by atoms with E-state index in [2.05, 4.69) is 15.3 Å². The number of aromatic amines is 1. The molecule has 4 rings (SSSR count). The molecule has 0 bridgehead atoms. The standard InChI is InChI=1S/C25H22N4O5/c1-14-10-11-18(12-15(14)2)29-24(31)21(23(28-29)34-3)27-26-17-7-4-6-16(13-17)19-8-5-9-20(22(19)30)25(32)33/h4-13,28,30H,1-3H3,(H,32,33). The Labute approximate surface area is 194 Å². The van der Waals surface area contributed by atoms with Gasteiger partial charge in [0.15, 0.2) is 0 Å². The predicted molar refractivity (Wildman–Crippen MR) is 127 cm³/mol. The highest BCUT2D eigenvalue weighted by atomic mass is 16.5. The van der Waals surface area contributed by atoms with Gasteiger partial charge in [0.1, 0.15) is 11.3 Å². The fraction of sp³-hybridized carbons (Fsp3) is 0.120. The van der Waals surface area contributed by atoms with E-state index in [1.807, 2.05) is 32.0 Å². The zero-order valence-electron chi connectivity index (χ0n) is 18.7. The van der Waals surface area contributed by atoms with E-state index in [0.717, 1.165) is 11.1 Å². The molecule has 0 fully saturated rings. The summed E-state index contributed by atoms with van der Waals surface area (Å²) in [5.41, 5.74) is 3.45. The third-order valence-corrected chi connectivity index (χ3v) is 5.48. The quantitative estimate of drug-likeness (QED) is 0.339. The number of para-hydroxylation sites is 1. The van der Waals surface area contributed by atoms with Crippen LogP contribution in [0.4, 0.5) is 11.4 Å². The fourth-order valence-electron chi connectivity index (χ4n) is 3.48. The number of aromatic nitrogens is 2. The van der Waals surface area contributed by atoms with Gasteiger partial charge in [-0.05, 0) is 60.9 Å². The van der Waals surface area contributed by atoms with Gasteiger partial charge < -0.3 is 14.9 Å². The molecule has 0 aliphatic carbocycles. The summed E-state index contributed by atoms with van der Waals surface area (Å²) in [4.78, 5) is 24.3. The number of aromatic hydroxyl groups is 1. The van der Waals surface area contributed by atoms with Crippen LogP contribution < -0.4 is 10.3 Å². The summed E-state index contributed by atoms with van der Waals surface area (Å²) in [6.07, 6.45) is 0. The van der Waals surface area contributed by atoms with Crippen LogP contribution in [0.15, 0.2) is 75.7 Å². The number of phenols is 1. The van der Waals surface area contributed by atoms with Crippen molar-refractivity contribution >= 4 is 17.3 Å². The van der Waals surface area contributed by atoms with E-state index in [4.69, 9.17) is 4.74 Å². The van der Waals surface area contributed by atoms with Gasteiger partial charge in [0.05, 0.1) is 18.5 Å². The maximum absolute atomic E-state index is 13.0. The van der Waals surface area contributed by atoms with E-state index in [1.165, 1.54) is 17.9 Å². The number of rotatable bonds is 6. The smallest absolute Gasteiger partial charge is 0.339 e. The Morgan fingerprint density at radius 1 is 1.00 bits per heavy atom. The first-order valence-electron chi connectivity index (χ1n) is 10.3. The lowest BCUT2D eigenvalue weighted by Gasteiger charge is -2.07. The lowest BCUT2D eigenvalue weighted by atomic mass is 10.0. The SMILES string of the molecule is COc1[nH]n(-c2ccc(C)c(C)c2)c(=O)c1N=Nc1cccc(-c2cccc(C(=O)O)c2O)c1. The van der Waals surface area contributed by atoms with Crippen molar-refractivity contribution in [3.05, 3.63) is 87.7 Å². The molecule has 0 atom stereocenters. The molecule has 4 aromatic rings. The van der Waals surface area contributed by atoms with Crippen molar-refractivity contribution in [1.82, 2.24) is 9.78 Å². The minimum absolute atomic E-state index is 0.00172. The van der Waals surface area contributed by atoms with E-state index >= 15 is 0 Å². The Kier molecular flexibility index (Phi) is 6.01. The van der Waals surface area contributed by atoms with Crippen LogP contribution in [0.1, 0.15) is 21.5 Å². The number of nitrogens with zero attached hydrogens (tertiary/aromatic N) is 3. The molecule has 0 unspecified atom stereocenters. The maximum atomic E-state index is 13.0. The highest BCUT2D eigenvalue weighted by Gasteiger charge is 2.17. The number of aromatic carboxylic acids is 1. The van der Waals surface area contributed by atoms with E-state index in [9.17, 15) is 19.8 Å². The summed E-state index contributed by atoms with van der Waals surface area (Å²) in [6, 6.07) is 16.8. The van der Waals surface area contributed by atoms with Gasteiger partial charge in [-0.25, -0.2) is 9.48 Å². The van der Waals surface area contributed by atoms with E-state index in [-0.39, 0.29) is 22.9 Å². The van der Waals surface area contributed by atoms with Crippen LogP contribution in [-0.2, 0) is 0 Å². The van der Waals surface area contributed by atoms with Gasteiger partial charge >= 0.3 is 11.5 Å². The minimum atomic E-state index is -1.23. The summed E-state index contributed by atoms with van der Waals surface area (Å²) >= 11 is 0. The van der Waals surface area contributed by atoms with E-state index < -0.39 is 11.5 Å². The van der Waals surface area contributed by atoms with Gasteiger partial charge in [0.25, 0.3) is 0 Å². The lowest BCUT2D eigenvalue weighted by molar-refractivity contribution is 0.0694. The number of hydrogen-bond donors (Lipinski definition) is 3. The Morgan fingerprint density at radius 2 is 1.76 bits per heavy atom. The second-order valence-electron chi connectivity index (χ2n) is 7.66. The number of hydrogen-bond acceptors (Lipinski definition) is 6. The molecule has 0 saturated heterocycles. The summed E-state index contributed by atoms with van der Waals surface area (Å²) in [6.45, 7) is 3.95. The van der Waals surface area contributed by atoms with Gasteiger partial charge in [0, 0.05) is 5.56 Å². The average molecular weight is 458 g/mol. The van der Waals surface area contributed by atoms with Crippen molar-refractivity contribution in [1.29, 1.82) is 0 Å². The second-order valence-corrected chi connectivity index (χ2v) is 7.66. The van der Waals surface area contributed by atoms with Crippen LogP contribution in [0.25, 0.3) is 16.8 Å². The Morgan fingerprint density at radius 3 is 2.47 bits per heavy atom. The molecule has 3 N–H and O–H groups in total. The first-order chi connectivity index (χ1) is 16.3. The molecule has 0 aliphatic heterocycles. The molecule has 0 saturated carbocycles. The molecule has 9 heteroatoms. The number of azo groups is 1. The van der Waals surface area contributed by atoms with Gasteiger partial charge in [0.2, 0.25) is 11.6 Å². The number of aryl methyl sites for hydroxylation is 2. The second kappa shape index (κ2) is 9.07. The molecule has 0 spiro atoms. The molecule has 34 heavy (non-hydrogen) atoms. The third-order valence-electron chi connectivity index (χ3n) is 5.48. The number of nitrogens with one attached hydrogen (secondary N) is 1. The van der Waals surface area contributed by atoms with Gasteiger partial charge in [-0.1, -0.05) is 30.3 Å². The van der Waals surface area contributed by atoms with Crippen molar-refractivity contribution in [3.8, 4) is 28.4 Å². The van der Waals surface area contributed by atoms with Crippen molar-refractivity contribution < 1.29 is 19.7 Å². The predicted octanol–water partition coefficient (Wildman–Crippen LogP) is 5.28. The summed E-state index contributed by atoms with van der Waals surface area (Å²) < 4.78 is 6.64. The lowest BCUT2D eigenvalue weighted by Crippen LogP contribution is -2.14. The fourth-order valence-corrected chi connectivity index (χ4v) is 3.48. The van der Waals surface area contributed by atoms with Crippen molar-refractivity contribution in [2.45, 2.75) is 13.8 Å². The summed E-state index contributed by atoms with van der Waals surface area (Å²) in [5, 5.41) is 30.8. The highest BCUT2D eigenvalue weighted by Crippen LogP contribution is 2.34. The minimum Gasteiger partial charge on any atom is -0.506 e. The number of carbonyl (C=O) groups is 1. The molecule has 0 radical (unpaired) electrons. The molecular formula is C25H22N4O5. The number of H-pyrrole nitrogens is 1. The largest absolute Gasteiger partial charge is 0.506 e. The van der Waals surface area contributed by atoms with Crippen LogP contribution in [0, 0.1) is 13.8 Å². The number of ether oxygens (including phenoxy) is 1. The first kappa shape index (κ1) is 22.5. The first-order valence-corrected chi connectivity index (χ1v) is 10.3. The van der Waals surface area contributed by atoms with Crippen LogP contribution in [0.3, 0.4) is 0 Å². The summed E-state index contributed by atoms with van der Waals surface area (Å²) in [7, 11) is 1.42. The van der Waals surface area contributed by atoms with Crippen LogP contribution in [0.5, 0.6) is 11.6 Å². The number of benzene rings is 3. The zero-order valence-corrected chi connectivity index (χ0v) is 18.7. The normalized spacial score (nSPS) is 11.1. The van der Waals surface area contributed by atoms with Gasteiger partial charge in [-0.2, -0.15) is 5.11 Å². The number of methoxy groups -OCH3 is 1. The van der Waals surface area contributed by atoms with Crippen molar-refractivity contribution in [3.63, 3.8) is 0 Å². The number of carboxylic acids is 1. The zero-order chi connectivity index (χ0) is 24.4. The molecular weight excluding hydrogens is 436 g/mol. The monoisotopic (exact) mass is 458 g/mol. The van der Waals surface area contributed by atoms with Crippen LogP contribution in [-0.4, -0.2) is 33.1 Å². The molecule has 0 aliphatic rings. The topological polar surface area (TPSA) is 129 Å². The van der Waals surface area contributed by atoms with Gasteiger partial charge in [-0.3, -0.25) is 9.89 Å². The third kappa shape index (κ3) is 4.18. The number of carboxylic acid groups (broad SMARTS) is 1. The Bertz CT molecular complexity index is 1480. The van der Waals surface area contributed by atoms with Crippen LogP contribution >= 0.6 is 0 Å². The highest BCUT2D eigenvalue weighted by molar-refractivity contribution is 5.94. The molecule has 1 aromatic heterocycles. The molecule has 1 heterocycles. The van der Waals surface area contributed by atoms with Crippen LogP contribution in [0.2, 0.25) is 0 Å².